The average Bonchev–Trinajstić information content (AvgIpc) is 2.88. The van der Waals surface area contributed by atoms with Crippen LogP contribution in [0, 0.1) is 0 Å². The first-order chi connectivity index (χ1) is 9.54. The Morgan fingerprint density at radius 3 is 2.75 bits per heavy atom. The summed E-state index contributed by atoms with van der Waals surface area (Å²) in [5, 5.41) is 18.1. The molecule has 104 valence electrons. The van der Waals surface area contributed by atoms with Crippen LogP contribution < -0.4 is 10.6 Å². The summed E-state index contributed by atoms with van der Waals surface area (Å²) in [5.41, 5.74) is 1.54. The van der Waals surface area contributed by atoms with Crippen molar-refractivity contribution in [2.24, 2.45) is 0 Å². The second-order valence-electron chi connectivity index (χ2n) is 3.97. The molecule has 0 spiro atoms. The van der Waals surface area contributed by atoms with Gasteiger partial charge in [-0.25, -0.2) is 9.59 Å². The molecule has 0 unspecified atom stereocenters. The summed E-state index contributed by atoms with van der Waals surface area (Å²) in [5.74, 6) is -1.05. The molecule has 0 saturated heterocycles. The topological polar surface area (TPSA) is 78.4 Å². The number of carbonyl (C=O) groups is 2. The Morgan fingerprint density at radius 2 is 2.10 bits per heavy atom. The van der Waals surface area contributed by atoms with Crippen LogP contribution in [0.25, 0.3) is 0 Å². The predicted molar refractivity (Wildman–Crippen MR) is 81.3 cm³/mol. The van der Waals surface area contributed by atoms with E-state index < -0.39 is 5.97 Å². The Balaban J connectivity index is 1.98. The molecule has 5 nitrogen and oxygen atoms in total. The molecule has 3 N–H and O–H groups in total. The minimum Gasteiger partial charge on any atom is -0.478 e. The van der Waals surface area contributed by atoms with Crippen molar-refractivity contribution in [1.29, 1.82) is 0 Å². The molecule has 1 heterocycles. The van der Waals surface area contributed by atoms with Gasteiger partial charge in [-0.05, 0) is 40.6 Å². The van der Waals surface area contributed by atoms with Gasteiger partial charge in [-0.2, -0.15) is 11.3 Å². The van der Waals surface area contributed by atoms with Gasteiger partial charge in [0.2, 0.25) is 0 Å². The fourth-order valence-electron chi connectivity index (χ4n) is 1.54. The van der Waals surface area contributed by atoms with Crippen LogP contribution in [-0.4, -0.2) is 17.1 Å². The number of anilines is 1. The van der Waals surface area contributed by atoms with Crippen molar-refractivity contribution < 1.29 is 14.7 Å². The van der Waals surface area contributed by atoms with Gasteiger partial charge in [-0.15, -0.1) is 0 Å². The highest BCUT2D eigenvalue weighted by Gasteiger charge is 2.08. The fourth-order valence-corrected chi connectivity index (χ4v) is 2.70. The van der Waals surface area contributed by atoms with E-state index in [1.807, 2.05) is 16.8 Å². The van der Waals surface area contributed by atoms with Crippen LogP contribution in [0.5, 0.6) is 0 Å². The molecule has 0 radical (unpaired) electrons. The Kier molecular flexibility index (Phi) is 4.75. The normalized spacial score (nSPS) is 10.1. The van der Waals surface area contributed by atoms with Gasteiger partial charge in [0.1, 0.15) is 0 Å². The van der Waals surface area contributed by atoms with Crippen LogP contribution in [0.2, 0.25) is 0 Å². The molecule has 0 fully saturated rings. The van der Waals surface area contributed by atoms with Crippen molar-refractivity contribution in [3.63, 3.8) is 0 Å². The maximum absolute atomic E-state index is 11.7. The lowest BCUT2D eigenvalue weighted by molar-refractivity contribution is 0.0697. The lowest BCUT2D eigenvalue weighted by atomic mass is 10.2. The molecular weight excluding hydrogens is 344 g/mol. The van der Waals surface area contributed by atoms with Gasteiger partial charge >= 0.3 is 12.0 Å². The van der Waals surface area contributed by atoms with E-state index in [0.717, 1.165) is 5.56 Å². The van der Waals surface area contributed by atoms with Gasteiger partial charge in [0.05, 0.1) is 5.56 Å². The predicted octanol–water partition coefficient (Wildman–Crippen LogP) is 3.53. The van der Waals surface area contributed by atoms with E-state index in [-0.39, 0.29) is 11.6 Å². The molecule has 7 heteroatoms. The summed E-state index contributed by atoms with van der Waals surface area (Å²) in [6, 6.07) is 6.04. The van der Waals surface area contributed by atoms with E-state index >= 15 is 0 Å². The summed E-state index contributed by atoms with van der Waals surface area (Å²) in [6.07, 6.45) is 0. The van der Waals surface area contributed by atoms with Crippen LogP contribution in [0.3, 0.4) is 0 Å². The molecule has 1 aromatic heterocycles. The Morgan fingerprint density at radius 1 is 1.30 bits per heavy atom. The number of benzene rings is 1. The molecule has 0 saturated carbocycles. The van der Waals surface area contributed by atoms with E-state index in [0.29, 0.717) is 16.7 Å². The molecular formula is C13H11BrN2O3S. The summed E-state index contributed by atoms with van der Waals surface area (Å²) in [4.78, 5) is 22.6. The number of amides is 2. The zero-order valence-electron chi connectivity index (χ0n) is 10.2. The first-order valence-electron chi connectivity index (χ1n) is 5.64. The highest BCUT2D eigenvalue weighted by atomic mass is 79.9. The number of aromatic carboxylic acids is 1. The molecule has 2 aromatic rings. The molecule has 20 heavy (non-hydrogen) atoms. The number of halogens is 1. The standard InChI is InChI=1S/C13H11BrN2O3S/c14-10-3-9(12(17)18)4-11(5-10)16-13(19)15-6-8-1-2-20-7-8/h1-5,7H,6H2,(H,17,18)(H2,15,16,19). The number of urea groups is 1. The maximum Gasteiger partial charge on any atom is 0.335 e. The quantitative estimate of drug-likeness (QED) is 0.785. The van der Waals surface area contributed by atoms with Gasteiger partial charge in [0.15, 0.2) is 0 Å². The minimum atomic E-state index is -1.05. The Hall–Kier alpha value is -1.86. The lowest BCUT2D eigenvalue weighted by Gasteiger charge is -2.08. The SMILES string of the molecule is O=C(NCc1ccsc1)Nc1cc(Br)cc(C(=O)O)c1. The second kappa shape index (κ2) is 6.53. The van der Waals surface area contributed by atoms with Crippen LogP contribution in [0.4, 0.5) is 10.5 Å². The molecule has 1 aromatic carbocycles. The Labute approximate surface area is 127 Å². The van der Waals surface area contributed by atoms with Gasteiger partial charge in [0.25, 0.3) is 0 Å². The highest BCUT2D eigenvalue weighted by molar-refractivity contribution is 9.10. The summed E-state index contributed by atoms with van der Waals surface area (Å²) < 4.78 is 0.588. The van der Waals surface area contributed by atoms with Crippen molar-refractivity contribution in [3.05, 3.63) is 50.6 Å². The van der Waals surface area contributed by atoms with Crippen LogP contribution >= 0.6 is 27.3 Å². The van der Waals surface area contributed by atoms with Gasteiger partial charge in [0, 0.05) is 16.7 Å². The van der Waals surface area contributed by atoms with E-state index in [1.54, 1.807) is 17.4 Å². The third kappa shape index (κ3) is 4.07. The van der Waals surface area contributed by atoms with Crippen molar-refractivity contribution in [3.8, 4) is 0 Å². The fraction of sp³-hybridized carbons (Fsp3) is 0.0769. The molecule has 0 aliphatic heterocycles. The summed E-state index contributed by atoms with van der Waals surface area (Å²) >= 11 is 4.77. The second-order valence-corrected chi connectivity index (χ2v) is 5.67. The van der Waals surface area contributed by atoms with E-state index in [1.165, 1.54) is 12.1 Å². The largest absolute Gasteiger partial charge is 0.478 e. The number of nitrogens with one attached hydrogen (secondary N) is 2. The van der Waals surface area contributed by atoms with E-state index in [9.17, 15) is 9.59 Å². The van der Waals surface area contributed by atoms with Gasteiger partial charge in [-0.1, -0.05) is 15.9 Å². The smallest absolute Gasteiger partial charge is 0.335 e. The number of hydrogen-bond donors (Lipinski definition) is 3. The number of carboxylic acid groups (broad SMARTS) is 1. The highest BCUT2D eigenvalue weighted by Crippen LogP contribution is 2.19. The molecule has 0 atom stereocenters. The molecule has 0 aliphatic rings. The van der Waals surface area contributed by atoms with Crippen molar-refractivity contribution in [2.45, 2.75) is 6.54 Å². The molecule has 0 bridgehead atoms. The number of hydrogen-bond acceptors (Lipinski definition) is 3. The zero-order valence-corrected chi connectivity index (χ0v) is 12.6. The maximum atomic E-state index is 11.7. The van der Waals surface area contributed by atoms with Crippen LogP contribution in [0.1, 0.15) is 15.9 Å². The first kappa shape index (κ1) is 14.5. The van der Waals surface area contributed by atoms with E-state index in [4.69, 9.17) is 5.11 Å². The number of carbonyl (C=O) groups excluding carboxylic acids is 1. The minimum absolute atomic E-state index is 0.104. The molecule has 2 amide bonds. The zero-order chi connectivity index (χ0) is 14.5. The lowest BCUT2D eigenvalue weighted by Crippen LogP contribution is -2.28. The average molecular weight is 355 g/mol. The van der Waals surface area contributed by atoms with Crippen LogP contribution in [-0.2, 0) is 6.54 Å². The number of rotatable bonds is 4. The number of carboxylic acids is 1. The van der Waals surface area contributed by atoms with Crippen LogP contribution in [0.15, 0.2) is 39.5 Å². The third-order valence-electron chi connectivity index (χ3n) is 2.44. The summed E-state index contributed by atoms with van der Waals surface area (Å²) in [6.45, 7) is 0.426. The number of thiophene rings is 1. The third-order valence-corrected chi connectivity index (χ3v) is 3.63. The molecule has 0 aliphatic carbocycles. The van der Waals surface area contributed by atoms with Gasteiger partial charge in [-0.3, -0.25) is 0 Å². The van der Waals surface area contributed by atoms with Crippen molar-refractivity contribution >= 4 is 45.0 Å². The summed E-state index contributed by atoms with van der Waals surface area (Å²) in [7, 11) is 0. The van der Waals surface area contributed by atoms with Crippen molar-refractivity contribution in [1.82, 2.24) is 5.32 Å². The first-order valence-corrected chi connectivity index (χ1v) is 7.38. The monoisotopic (exact) mass is 354 g/mol. The Bertz CT molecular complexity index is 629. The van der Waals surface area contributed by atoms with Gasteiger partial charge < -0.3 is 15.7 Å². The van der Waals surface area contributed by atoms with E-state index in [2.05, 4.69) is 26.6 Å². The van der Waals surface area contributed by atoms with Crippen molar-refractivity contribution in [2.75, 3.05) is 5.32 Å². The molecule has 2 rings (SSSR count).